The molecule has 84 valence electrons. The Morgan fingerprint density at radius 2 is 2.07 bits per heavy atom. The van der Waals surface area contributed by atoms with Crippen LogP contribution in [0.3, 0.4) is 0 Å². The molecule has 0 radical (unpaired) electrons. The molecule has 0 aromatic rings. The third kappa shape index (κ3) is 2.60. The Kier molecular flexibility index (Phi) is 4.32. The standard InChI is InChI=1S/C13H20BrN/c1-5-7-11-12(8-6-9-14)15-10(2)13(11,3)4/h5,7H,6,8-9H2,1-4H3/b7-5-. The van der Waals surface area contributed by atoms with Crippen molar-refractivity contribution >= 4 is 21.6 Å². The van der Waals surface area contributed by atoms with Gasteiger partial charge in [-0.2, -0.15) is 0 Å². The summed E-state index contributed by atoms with van der Waals surface area (Å²) >= 11 is 3.47. The zero-order valence-electron chi connectivity index (χ0n) is 10.1. The topological polar surface area (TPSA) is 12.4 Å². The van der Waals surface area contributed by atoms with Crippen LogP contribution in [0.1, 0.15) is 40.5 Å². The number of hydrogen-bond acceptors (Lipinski definition) is 1. The predicted octanol–water partition coefficient (Wildman–Crippen LogP) is 4.49. The summed E-state index contributed by atoms with van der Waals surface area (Å²) in [5.74, 6) is 0. The molecule has 0 unspecified atom stereocenters. The highest BCUT2D eigenvalue weighted by Crippen LogP contribution is 2.39. The molecule has 1 rings (SSSR count). The summed E-state index contributed by atoms with van der Waals surface area (Å²) in [5.41, 5.74) is 4.02. The molecule has 1 nitrogen and oxygen atoms in total. The van der Waals surface area contributed by atoms with Crippen molar-refractivity contribution in [2.75, 3.05) is 5.33 Å². The highest BCUT2D eigenvalue weighted by Gasteiger charge is 2.32. The van der Waals surface area contributed by atoms with E-state index in [1.807, 2.05) is 0 Å². The Morgan fingerprint density at radius 3 is 2.60 bits per heavy atom. The molecular formula is C13H20BrN. The van der Waals surface area contributed by atoms with Gasteiger partial charge in [0.2, 0.25) is 0 Å². The lowest BCUT2D eigenvalue weighted by Crippen LogP contribution is -2.19. The van der Waals surface area contributed by atoms with Crippen LogP contribution in [0.2, 0.25) is 0 Å². The molecule has 0 N–H and O–H groups in total. The normalized spacial score (nSPS) is 20.2. The minimum Gasteiger partial charge on any atom is -0.261 e. The highest BCUT2D eigenvalue weighted by molar-refractivity contribution is 9.09. The van der Waals surface area contributed by atoms with Crippen LogP contribution < -0.4 is 0 Å². The predicted molar refractivity (Wildman–Crippen MR) is 71.8 cm³/mol. The molecule has 0 saturated heterocycles. The van der Waals surface area contributed by atoms with Crippen LogP contribution >= 0.6 is 15.9 Å². The van der Waals surface area contributed by atoms with Crippen molar-refractivity contribution < 1.29 is 0 Å². The number of aliphatic imine (C=N–C) groups is 1. The van der Waals surface area contributed by atoms with Gasteiger partial charge in [0.25, 0.3) is 0 Å². The molecule has 1 aliphatic rings. The van der Waals surface area contributed by atoms with Gasteiger partial charge < -0.3 is 0 Å². The van der Waals surface area contributed by atoms with E-state index in [1.54, 1.807) is 0 Å². The Balaban J connectivity index is 2.99. The smallest absolute Gasteiger partial charge is 0.0444 e. The maximum Gasteiger partial charge on any atom is 0.0444 e. The second-order valence-electron chi connectivity index (χ2n) is 4.48. The van der Waals surface area contributed by atoms with Gasteiger partial charge in [-0.25, -0.2) is 0 Å². The zero-order valence-corrected chi connectivity index (χ0v) is 11.7. The molecule has 0 bridgehead atoms. The summed E-state index contributed by atoms with van der Waals surface area (Å²) in [6.07, 6.45) is 6.55. The van der Waals surface area contributed by atoms with Crippen LogP contribution in [0, 0.1) is 5.41 Å². The highest BCUT2D eigenvalue weighted by atomic mass is 79.9. The average Bonchev–Trinajstić information content (AvgIpc) is 2.39. The molecule has 15 heavy (non-hydrogen) atoms. The first-order valence-corrected chi connectivity index (χ1v) is 6.64. The van der Waals surface area contributed by atoms with E-state index in [2.05, 4.69) is 55.8 Å². The number of rotatable bonds is 4. The van der Waals surface area contributed by atoms with Crippen molar-refractivity contribution in [2.45, 2.75) is 40.5 Å². The molecular weight excluding hydrogens is 250 g/mol. The summed E-state index contributed by atoms with van der Waals surface area (Å²) < 4.78 is 0. The van der Waals surface area contributed by atoms with Crippen LogP contribution in [0.25, 0.3) is 0 Å². The van der Waals surface area contributed by atoms with Crippen molar-refractivity contribution in [3.05, 3.63) is 23.4 Å². The van der Waals surface area contributed by atoms with E-state index < -0.39 is 0 Å². The molecule has 0 aliphatic carbocycles. The van der Waals surface area contributed by atoms with E-state index in [1.165, 1.54) is 17.0 Å². The first-order chi connectivity index (χ1) is 7.04. The molecule has 0 fully saturated rings. The van der Waals surface area contributed by atoms with Gasteiger partial charge in [0.1, 0.15) is 0 Å². The van der Waals surface area contributed by atoms with Crippen molar-refractivity contribution in [3.8, 4) is 0 Å². The fourth-order valence-corrected chi connectivity index (χ4v) is 2.13. The van der Waals surface area contributed by atoms with E-state index in [-0.39, 0.29) is 5.41 Å². The largest absolute Gasteiger partial charge is 0.261 e. The number of hydrogen-bond donors (Lipinski definition) is 0. The van der Waals surface area contributed by atoms with Crippen LogP contribution in [0.15, 0.2) is 28.4 Å². The Morgan fingerprint density at radius 1 is 1.40 bits per heavy atom. The summed E-state index contributed by atoms with van der Waals surface area (Å²) in [6, 6.07) is 0. The van der Waals surface area contributed by atoms with Crippen molar-refractivity contribution in [1.82, 2.24) is 0 Å². The van der Waals surface area contributed by atoms with Crippen molar-refractivity contribution in [2.24, 2.45) is 10.4 Å². The van der Waals surface area contributed by atoms with Crippen LogP contribution in [0.5, 0.6) is 0 Å². The van der Waals surface area contributed by atoms with Crippen molar-refractivity contribution in [3.63, 3.8) is 0 Å². The second kappa shape index (κ2) is 5.11. The zero-order chi connectivity index (χ0) is 11.5. The Hall–Kier alpha value is -0.370. The lowest BCUT2D eigenvalue weighted by molar-refractivity contribution is 0.648. The maximum atomic E-state index is 4.70. The molecule has 0 amide bonds. The second-order valence-corrected chi connectivity index (χ2v) is 5.27. The van der Waals surface area contributed by atoms with E-state index in [0.717, 1.165) is 18.2 Å². The molecule has 2 heteroatoms. The Labute approximate surface area is 101 Å². The van der Waals surface area contributed by atoms with Crippen LogP contribution in [-0.2, 0) is 0 Å². The molecule has 0 saturated carbocycles. The SMILES string of the molecule is C/C=C\C1=C(CCCBr)N=C(C)C1(C)C. The molecule has 0 aromatic heterocycles. The minimum atomic E-state index is 0.119. The van der Waals surface area contributed by atoms with Gasteiger partial charge in [-0.15, -0.1) is 0 Å². The third-order valence-corrected chi connectivity index (χ3v) is 3.63. The van der Waals surface area contributed by atoms with Gasteiger partial charge in [-0.1, -0.05) is 41.9 Å². The van der Waals surface area contributed by atoms with Crippen molar-refractivity contribution in [1.29, 1.82) is 0 Å². The molecule has 0 atom stereocenters. The van der Waals surface area contributed by atoms with Gasteiger partial charge in [0, 0.05) is 22.2 Å². The fraction of sp³-hybridized carbons (Fsp3) is 0.615. The summed E-state index contributed by atoms with van der Waals surface area (Å²) in [5, 5.41) is 1.05. The molecule has 1 aliphatic heterocycles. The van der Waals surface area contributed by atoms with Gasteiger partial charge in [-0.3, -0.25) is 4.99 Å². The van der Waals surface area contributed by atoms with Gasteiger partial charge in [-0.05, 0) is 32.3 Å². The summed E-state index contributed by atoms with van der Waals surface area (Å²) in [4.78, 5) is 4.70. The molecule has 1 heterocycles. The number of allylic oxidation sites excluding steroid dienone is 4. The van der Waals surface area contributed by atoms with E-state index in [9.17, 15) is 0 Å². The first-order valence-electron chi connectivity index (χ1n) is 5.52. The molecule has 0 spiro atoms. The third-order valence-electron chi connectivity index (χ3n) is 3.07. The van der Waals surface area contributed by atoms with Gasteiger partial charge in [0.15, 0.2) is 0 Å². The first kappa shape index (κ1) is 12.7. The van der Waals surface area contributed by atoms with E-state index in [4.69, 9.17) is 4.99 Å². The number of alkyl halides is 1. The van der Waals surface area contributed by atoms with E-state index in [0.29, 0.717) is 0 Å². The minimum absolute atomic E-state index is 0.119. The van der Waals surface area contributed by atoms with Crippen LogP contribution in [-0.4, -0.2) is 11.0 Å². The lowest BCUT2D eigenvalue weighted by atomic mass is 9.81. The summed E-state index contributed by atoms with van der Waals surface area (Å²) in [7, 11) is 0. The van der Waals surface area contributed by atoms with Crippen LogP contribution in [0.4, 0.5) is 0 Å². The summed E-state index contributed by atoms with van der Waals surface area (Å²) in [6.45, 7) is 8.70. The Bertz CT molecular complexity index is 321. The molecule has 0 aromatic carbocycles. The fourth-order valence-electron chi connectivity index (χ4n) is 1.85. The van der Waals surface area contributed by atoms with Gasteiger partial charge >= 0.3 is 0 Å². The maximum absolute atomic E-state index is 4.70. The quantitative estimate of drug-likeness (QED) is 0.667. The average molecular weight is 270 g/mol. The van der Waals surface area contributed by atoms with E-state index >= 15 is 0 Å². The number of halogens is 1. The monoisotopic (exact) mass is 269 g/mol. The van der Waals surface area contributed by atoms with Gasteiger partial charge in [0.05, 0.1) is 0 Å². The lowest BCUT2D eigenvalue weighted by Gasteiger charge is -2.21. The number of nitrogens with zero attached hydrogens (tertiary/aromatic N) is 1.